The summed E-state index contributed by atoms with van der Waals surface area (Å²) in [5, 5.41) is 3.99. The van der Waals surface area contributed by atoms with Crippen molar-refractivity contribution < 1.29 is 9.53 Å². The molecule has 0 unspecified atom stereocenters. The number of aromatic amines is 1. The predicted molar refractivity (Wildman–Crippen MR) is 116 cm³/mol. The maximum atomic E-state index is 12.8. The third-order valence-electron chi connectivity index (χ3n) is 4.95. The Hall–Kier alpha value is -3.37. The molecule has 29 heavy (non-hydrogen) atoms. The topological polar surface area (TPSA) is 54.1 Å². The number of carbonyl (C=O) groups is 1. The van der Waals surface area contributed by atoms with Crippen molar-refractivity contribution in [2.24, 2.45) is 0 Å². The number of hydrogen-bond acceptors (Lipinski definition) is 2. The average Bonchev–Trinajstić information content (AvgIpc) is 3.09. The van der Waals surface area contributed by atoms with E-state index >= 15 is 0 Å². The van der Waals surface area contributed by atoms with Gasteiger partial charge in [0.15, 0.2) is 0 Å². The zero-order valence-electron chi connectivity index (χ0n) is 16.4. The molecule has 0 aliphatic heterocycles. The summed E-state index contributed by atoms with van der Waals surface area (Å²) in [5.74, 6) is -0.0642. The van der Waals surface area contributed by atoms with Gasteiger partial charge in [-0.3, -0.25) is 4.79 Å². The Morgan fingerprint density at radius 2 is 1.55 bits per heavy atom. The first kappa shape index (κ1) is 19.0. The Morgan fingerprint density at radius 1 is 0.862 bits per heavy atom. The molecule has 0 aliphatic carbocycles. The van der Waals surface area contributed by atoms with Gasteiger partial charge in [-0.15, -0.1) is 0 Å². The molecule has 0 fully saturated rings. The largest absolute Gasteiger partial charge is 0.372 e. The third kappa shape index (κ3) is 4.55. The minimum Gasteiger partial charge on any atom is -0.372 e. The fraction of sp³-hybridized carbons (Fsp3) is 0.160. The molecule has 146 valence electrons. The van der Waals surface area contributed by atoms with E-state index in [4.69, 9.17) is 4.74 Å². The highest BCUT2D eigenvalue weighted by Crippen LogP contribution is 2.21. The quantitative estimate of drug-likeness (QED) is 0.464. The number of nitrogens with one attached hydrogen (secondary N) is 2. The lowest BCUT2D eigenvalue weighted by atomic mass is 10.1. The highest BCUT2D eigenvalue weighted by atomic mass is 16.5. The summed E-state index contributed by atoms with van der Waals surface area (Å²) in [4.78, 5) is 16.0. The lowest BCUT2D eigenvalue weighted by Crippen LogP contribution is -2.23. The maximum Gasteiger partial charge on any atom is 0.253 e. The Kier molecular flexibility index (Phi) is 5.73. The predicted octanol–water partition coefficient (Wildman–Crippen LogP) is 5.12. The number of rotatable bonds is 7. The van der Waals surface area contributed by atoms with Crippen molar-refractivity contribution in [2.75, 3.05) is 0 Å². The zero-order valence-corrected chi connectivity index (χ0v) is 16.4. The summed E-state index contributed by atoms with van der Waals surface area (Å²) >= 11 is 0. The minimum atomic E-state index is -0.0642. The maximum absolute atomic E-state index is 12.8. The lowest BCUT2D eigenvalue weighted by Gasteiger charge is -2.09. The van der Waals surface area contributed by atoms with Gasteiger partial charge in [0.05, 0.1) is 18.8 Å². The van der Waals surface area contributed by atoms with Crippen molar-refractivity contribution in [3.63, 3.8) is 0 Å². The van der Waals surface area contributed by atoms with E-state index in [9.17, 15) is 4.79 Å². The van der Waals surface area contributed by atoms with E-state index in [1.54, 1.807) is 0 Å². The standard InChI is InChI=1S/C25H24N2O2/c1-18-24(22-12-5-6-13-23(22)27-18)25(28)26-15-20-10-7-11-21(14-20)17-29-16-19-8-3-2-4-9-19/h2-14,27H,15-17H2,1H3,(H,26,28). The third-order valence-corrected chi connectivity index (χ3v) is 4.95. The van der Waals surface area contributed by atoms with Crippen molar-refractivity contribution in [1.29, 1.82) is 0 Å². The highest BCUT2D eigenvalue weighted by Gasteiger charge is 2.15. The van der Waals surface area contributed by atoms with E-state index in [-0.39, 0.29) is 5.91 Å². The van der Waals surface area contributed by atoms with E-state index in [2.05, 4.69) is 28.5 Å². The molecule has 4 heteroatoms. The van der Waals surface area contributed by atoms with Crippen molar-refractivity contribution in [1.82, 2.24) is 10.3 Å². The van der Waals surface area contributed by atoms with Crippen LogP contribution in [0.2, 0.25) is 0 Å². The zero-order chi connectivity index (χ0) is 20.1. The average molecular weight is 384 g/mol. The van der Waals surface area contributed by atoms with Crippen molar-refractivity contribution >= 4 is 16.8 Å². The van der Waals surface area contributed by atoms with Gasteiger partial charge < -0.3 is 15.0 Å². The van der Waals surface area contributed by atoms with Gasteiger partial charge in [-0.05, 0) is 29.7 Å². The van der Waals surface area contributed by atoms with Gasteiger partial charge in [0.25, 0.3) is 5.91 Å². The summed E-state index contributed by atoms with van der Waals surface area (Å²) in [6.45, 7) is 3.53. The number of para-hydroxylation sites is 1. The molecular weight excluding hydrogens is 360 g/mol. The second-order valence-electron chi connectivity index (χ2n) is 7.15. The van der Waals surface area contributed by atoms with Gasteiger partial charge in [0, 0.05) is 23.1 Å². The molecule has 4 nitrogen and oxygen atoms in total. The molecule has 1 heterocycles. The van der Waals surface area contributed by atoms with Crippen LogP contribution in [-0.2, 0) is 24.5 Å². The number of benzene rings is 3. The molecule has 0 saturated heterocycles. The number of aromatic nitrogens is 1. The molecule has 0 bridgehead atoms. The van der Waals surface area contributed by atoms with E-state index in [1.807, 2.05) is 67.6 Å². The van der Waals surface area contributed by atoms with Crippen LogP contribution in [0.5, 0.6) is 0 Å². The molecule has 4 aromatic rings. The molecule has 2 N–H and O–H groups in total. The molecule has 0 spiro atoms. The van der Waals surface area contributed by atoms with E-state index in [0.29, 0.717) is 25.3 Å². The minimum absolute atomic E-state index is 0.0642. The summed E-state index contributed by atoms with van der Waals surface area (Å²) < 4.78 is 5.82. The van der Waals surface area contributed by atoms with E-state index in [1.165, 1.54) is 0 Å². The Morgan fingerprint density at radius 3 is 2.41 bits per heavy atom. The van der Waals surface area contributed by atoms with Crippen molar-refractivity contribution in [3.05, 3.63) is 107 Å². The lowest BCUT2D eigenvalue weighted by molar-refractivity contribution is 0.0952. The van der Waals surface area contributed by atoms with Gasteiger partial charge in [0.2, 0.25) is 0 Å². The fourth-order valence-electron chi connectivity index (χ4n) is 3.53. The van der Waals surface area contributed by atoms with Gasteiger partial charge in [-0.1, -0.05) is 72.8 Å². The second kappa shape index (κ2) is 8.76. The van der Waals surface area contributed by atoms with Gasteiger partial charge >= 0.3 is 0 Å². The Bertz CT molecular complexity index is 1120. The number of aryl methyl sites for hydroxylation is 1. The van der Waals surface area contributed by atoms with Gasteiger partial charge in [0.1, 0.15) is 0 Å². The van der Waals surface area contributed by atoms with Crippen LogP contribution in [0.15, 0.2) is 78.9 Å². The van der Waals surface area contributed by atoms with Gasteiger partial charge in [-0.25, -0.2) is 0 Å². The van der Waals surface area contributed by atoms with Crippen LogP contribution < -0.4 is 5.32 Å². The summed E-state index contributed by atoms with van der Waals surface area (Å²) in [5.41, 5.74) is 5.88. The smallest absolute Gasteiger partial charge is 0.253 e. The van der Waals surface area contributed by atoms with Crippen LogP contribution in [0.3, 0.4) is 0 Å². The van der Waals surface area contributed by atoms with Gasteiger partial charge in [-0.2, -0.15) is 0 Å². The monoisotopic (exact) mass is 384 g/mol. The van der Waals surface area contributed by atoms with Crippen molar-refractivity contribution in [2.45, 2.75) is 26.7 Å². The van der Waals surface area contributed by atoms with E-state index < -0.39 is 0 Å². The number of hydrogen-bond donors (Lipinski definition) is 2. The summed E-state index contributed by atoms with van der Waals surface area (Å²) in [6, 6.07) is 26.1. The van der Waals surface area contributed by atoms with Crippen molar-refractivity contribution in [3.8, 4) is 0 Å². The molecule has 1 aromatic heterocycles. The number of carbonyl (C=O) groups excluding carboxylic acids is 1. The van der Waals surface area contributed by atoms with Crippen LogP contribution in [0.4, 0.5) is 0 Å². The second-order valence-corrected chi connectivity index (χ2v) is 7.15. The van der Waals surface area contributed by atoms with Crippen LogP contribution in [-0.4, -0.2) is 10.9 Å². The summed E-state index contributed by atoms with van der Waals surface area (Å²) in [7, 11) is 0. The molecule has 4 rings (SSSR count). The molecule has 1 amide bonds. The molecular formula is C25H24N2O2. The van der Waals surface area contributed by atoms with Crippen LogP contribution in [0.25, 0.3) is 10.9 Å². The van der Waals surface area contributed by atoms with Crippen LogP contribution >= 0.6 is 0 Å². The number of H-pyrrole nitrogens is 1. The number of fused-ring (bicyclic) bond motifs is 1. The molecule has 0 saturated carbocycles. The number of amides is 1. The van der Waals surface area contributed by atoms with Crippen LogP contribution in [0, 0.1) is 6.92 Å². The first-order chi connectivity index (χ1) is 14.2. The number of ether oxygens (including phenoxy) is 1. The van der Waals surface area contributed by atoms with E-state index in [0.717, 1.165) is 33.3 Å². The molecule has 0 atom stereocenters. The normalized spacial score (nSPS) is 10.9. The molecule has 0 aliphatic rings. The first-order valence-corrected chi connectivity index (χ1v) is 9.76. The highest BCUT2D eigenvalue weighted by molar-refractivity contribution is 6.08. The SMILES string of the molecule is Cc1[nH]c2ccccc2c1C(=O)NCc1cccc(COCc2ccccc2)c1. The van der Waals surface area contributed by atoms with Crippen LogP contribution in [0.1, 0.15) is 32.7 Å². The molecule has 0 radical (unpaired) electrons. The summed E-state index contributed by atoms with van der Waals surface area (Å²) in [6.07, 6.45) is 0. The first-order valence-electron chi connectivity index (χ1n) is 9.76. The fourth-order valence-corrected chi connectivity index (χ4v) is 3.53. The Labute approximate surface area is 170 Å². The molecule has 3 aromatic carbocycles. The Balaban J connectivity index is 1.36.